The number of carbonyl (C=O) groups is 4. The number of amides is 3. The normalized spacial score (nSPS) is 28.6. The molecule has 6 N–H and O–H groups in total. The summed E-state index contributed by atoms with van der Waals surface area (Å²) >= 11 is 0. The topological polar surface area (TPSA) is 207 Å². The molecule has 3 aliphatic heterocycles. The molecule has 280 valence electrons. The maximum Gasteiger partial charge on any atom is 0.410 e. The number of carboxylic acid groups (broad SMARTS) is 1. The van der Waals surface area contributed by atoms with Crippen LogP contribution in [0.5, 0.6) is 0 Å². The van der Waals surface area contributed by atoms with Gasteiger partial charge in [-0.05, 0) is 64.3 Å². The fourth-order valence-electron chi connectivity index (χ4n) is 7.03. The summed E-state index contributed by atoms with van der Waals surface area (Å²) in [6, 6.07) is 1.39. The van der Waals surface area contributed by atoms with Crippen LogP contribution in [-0.4, -0.2) is 147 Å². The number of hydrogen-bond acceptors (Lipinski definition) is 11. The summed E-state index contributed by atoms with van der Waals surface area (Å²) in [4.78, 5) is 54.3. The van der Waals surface area contributed by atoms with Crippen molar-refractivity contribution in [3.05, 3.63) is 34.6 Å². The van der Waals surface area contributed by atoms with Crippen LogP contribution >= 0.6 is 0 Å². The predicted molar refractivity (Wildman–Crippen MR) is 176 cm³/mol. The number of nitrogens with one attached hydrogen (secondary N) is 2. The van der Waals surface area contributed by atoms with Gasteiger partial charge in [0.2, 0.25) is 5.91 Å². The number of aliphatic hydroxyl groups excluding tert-OH is 3. The number of nitrogens with zero attached hydrogens (tertiary/aromatic N) is 2. The maximum atomic E-state index is 14.1. The Morgan fingerprint density at radius 2 is 1.80 bits per heavy atom. The number of carboxylic acids is 1. The highest BCUT2D eigenvalue weighted by Crippen LogP contribution is 2.38. The molecule has 7 atom stereocenters. The van der Waals surface area contributed by atoms with Gasteiger partial charge in [0.1, 0.15) is 23.6 Å². The molecule has 16 heteroatoms. The number of aryl methyl sites for hydroxylation is 2. The van der Waals surface area contributed by atoms with Gasteiger partial charge < -0.3 is 50.2 Å². The van der Waals surface area contributed by atoms with Crippen LogP contribution in [0.15, 0.2) is 12.1 Å². The molecule has 0 radical (unpaired) electrons. The summed E-state index contributed by atoms with van der Waals surface area (Å²) in [5, 5.41) is 49.0. The van der Waals surface area contributed by atoms with Gasteiger partial charge in [-0.25, -0.2) is 14.0 Å². The number of rotatable bonds is 10. The van der Waals surface area contributed by atoms with Gasteiger partial charge in [0.05, 0.1) is 37.0 Å². The minimum atomic E-state index is -2.05. The lowest BCUT2D eigenvalue weighted by Gasteiger charge is -2.49. The van der Waals surface area contributed by atoms with E-state index < -0.39 is 89.9 Å². The number of carbonyl (C=O) groups excluding carboxylic acids is 3. The molecular formula is C34H51FN4O11. The Bertz CT molecular complexity index is 1420. The average molecular weight is 711 g/mol. The highest BCUT2D eigenvalue weighted by Gasteiger charge is 2.55. The molecule has 0 unspecified atom stereocenters. The summed E-state index contributed by atoms with van der Waals surface area (Å²) in [5.41, 5.74) is -2.71. The number of halogens is 1. The van der Waals surface area contributed by atoms with E-state index in [1.807, 2.05) is 0 Å². The van der Waals surface area contributed by atoms with Crippen molar-refractivity contribution < 1.29 is 58.2 Å². The third kappa shape index (κ3) is 8.90. The van der Waals surface area contributed by atoms with Crippen LogP contribution in [0.1, 0.15) is 68.4 Å². The van der Waals surface area contributed by atoms with Crippen LogP contribution in [0.4, 0.5) is 9.18 Å². The zero-order chi connectivity index (χ0) is 37.2. The zero-order valence-corrected chi connectivity index (χ0v) is 29.5. The molecule has 0 saturated carbocycles. The van der Waals surface area contributed by atoms with Crippen LogP contribution in [0.25, 0.3) is 0 Å². The van der Waals surface area contributed by atoms with E-state index in [1.54, 1.807) is 25.7 Å². The number of aliphatic hydroxyl groups is 3. The Balaban J connectivity index is 1.50. The second-order valence-corrected chi connectivity index (χ2v) is 14.7. The Morgan fingerprint density at radius 1 is 1.14 bits per heavy atom. The van der Waals surface area contributed by atoms with Gasteiger partial charge in [0.15, 0.2) is 5.60 Å². The summed E-state index contributed by atoms with van der Waals surface area (Å²) in [6.07, 6.45) is -7.19. The molecule has 0 aliphatic carbocycles. The molecule has 1 aromatic rings. The number of morpholine rings is 1. The van der Waals surface area contributed by atoms with Crippen molar-refractivity contribution >= 4 is 23.9 Å². The molecule has 1 spiro atoms. The fourth-order valence-corrected chi connectivity index (χ4v) is 7.03. The van der Waals surface area contributed by atoms with Crippen molar-refractivity contribution in [1.29, 1.82) is 0 Å². The van der Waals surface area contributed by atoms with Crippen molar-refractivity contribution in [2.24, 2.45) is 0 Å². The monoisotopic (exact) mass is 710 g/mol. The van der Waals surface area contributed by atoms with Crippen molar-refractivity contribution in [2.75, 3.05) is 45.9 Å². The van der Waals surface area contributed by atoms with Crippen molar-refractivity contribution in [2.45, 2.75) is 108 Å². The number of likely N-dealkylation sites (tertiary alicyclic amines) is 1. The third-order valence-corrected chi connectivity index (χ3v) is 9.65. The van der Waals surface area contributed by atoms with Gasteiger partial charge in [0.25, 0.3) is 5.91 Å². The largest absolute Gasteiger partial charge is 0.479 e. The van der Waals surface area contributed by atoms with Crippen LogP contribution < -0.4 is 10.6 Å². The van der Waals surface area contributed by atoms with E-state index in [4.69, 9.17) is 14.2 Å². The maximum absolute atomic E-state index is 14.1. The Kier molecular flexibility index (Phi) is 12.2. The number of hydrogen-bond donors (Lipinski definition) is 6. The first-order valence-electron chi connectivity index (χ1n) is 16.9. The molecule has 3 aliphatic rings. The highest BCUT2D eigenvalue weighted by molar-refractivity contribution is 5.94. The summed E-state index contributed by atoms with van der Waals surface area (Å²) in [5.74, 6) is -3.11. The van der Waals surface area contributed by atoms with E-state index in [9.17, 15) is 44.0 Å². The van der Waals surface area contributed by atoms with Crippen molar-refractivity contribution in [3.8, 4) is 0 Å². The van der Waals surface area contributed by atoms with Crippen molar-refractivity contribution in [3.63, 3.8) is 0 Å². The second-order valence-electron chi connectivity index (χ2n) is 14.7. The molecule has 0 aromatic heterocycles. The molecule has 4 rings (SSSR count). The number of benzene rings is 1. The second kappa shape index (κ2) is 15.5. The lowest BCUT2D eigenvalue weighted by molar-refractivity contribution is -0.231. The molecule has 3 fully saturated rings. The predicted octanol–water partition coefficient (Wildman–Crippen LogP) is 0.474. The molecule has 50 heavy (non-hydrogen) atoms. The first-order chi connectivity index (χ1) is 23.3. The van der Waals surface area contributed by atoms with E-state index in [1.165, 1.54) is 32.9 Å². The molecule has 3 amide bonds. The van der Waals surface area contributed by atoms with Crippen LogP contribution in [0, 0.1) is 19.7 Å². The standard InChI is InChI=1S/C34H51FN4O11/c1-19-13-22(14-20(2)25(19)35)29(44)36-16-24(42)27(43)28-26(37-21(3)40)23(41)15-34(49-28,30(45)46)8-10-39-11-12-48-18-33(39)7-9-38(17-33)31(47)50-32(4,5)6/h13-14,23-24,26-28,41-43H,7-12,15-18H2,1-6H3,(H,36,44)(H,37,40)(H,45,46)/t23-,24+,26+,27+,28+,33-,34+/m0/s1. The van der Waals surface area contributed by atoms with E-state index in [0.717, 1.165) is 0 Å². The van der Waals surface area contributed by atoms with Gasteiger partial charge in [-0.3, -0.25) is 14.5 Å². The Labute approximate surface area is 291 Å². The van der Waals surface area contributed by atoms with Crippen LogP contribution in [-0.2, 0) is 23.8 Å². The smallest absolute Gasteiger partial charge is 0.410 e. The summed E-state index contributed by atoms with van der Waals surface area (Å²) in [6.45, 7) is 11.0. The van der Waals surface area contributed by atoms with Gasteiger partial charge in [-0.2, -0.15) is 0 Å². The van der Waals surface area contributed by atoms with E-state index >= 15 is 0 Å². The first kappa shape index (κ1) is 39.4. The SMILES string of the molecule is CC(=O)N[C@H]1[C@H]([C@H](O)[C@H](O)CNC(=O)c2cc(C)c(F)c(C)c2)O[C@@](CCN2CCOC[C@@]23CCN(C(=O)OC(C)(C)C)C3)(C(=O)O)C[C@@H]1O. The lowest BCUT2D eigenvalue weighted by atomic mass is 9.81. The lowest BCUT2D eigenvalue weighted by Crippen LogP contribution is -2.68. The van der Waals surface area contributed by atoms with Gasteiger partial charge >= 0.3 is 12.1 Å². The van der Waals surface area contributed by atoms with Gasteiger partial charge in [0, 0.05) is 58.1 Å². The minimum absolute atomic E-state index is 0.130. The number of ether oxygens (including phenoxy) is 3. The van der Waals surface area contributed by atoms with Gasteiger partial charge in [-0.1, -0.05) is 0 Å². The fraction of sp³-hybridized carbons (Fsp3) is 0.706. The van der Waals surface area contributed by atoms with E-state index in [0.29, 0.717) is 39.3 Å². The average Bonchev–Trinajstić information content (AvgIpc) is 3.45. The minimum Gasteiger partial charge on any atom is -0.479 e. The summed E-state index contributed by atoms with van der Waals surface area (Å²) < 4.78 is 31.5. The van der Waals surface area contributed by atoms with Crippen molar-refractivity contribution in [1.82, 2.24) is 20.4 Å². The van der Waals surface area contributed by atoms with Crippen LogP contribution in [0.3, 0.4) is 0 Å². The van der Waals surface area contributed by atoms with E-state index in [2.05, 4.69) is 15.5 Å². The first-order valence-corrected chi connectivity index (χ1v) is 16.9. The Morgan fingerprint density at radius 3 is 2.40 bits per heavy atom. The quantitative estimate of drug-likeness (QED) is 0.196. The molecule has 0 bridgehead atoms. The highest BCUT2D eigenvalue weighted by atomic mass is 19.1. The third-order valence-electron chi connectivity index (χ3n) is 9.65. The summed E-state index contributed by atoms with van der Waals surface area (Å²) in [7, 11) is 0. The number of aliphatic carboxylic acids is 1. The molecular weight excluding hydrogens is 659 g/mol. The molecule has 3 heterocycles. The molecule has 15 nitrogen and oxygen atoms in total. The zero-order valence-electron chi connectivity index (χ0n) is 29.5. The molecule has 1 aromatic carbocycles. The van der Waals surface area contributed by atoms with E-state index in [-0.39, 0.29) is 29.7 Å². The Hall–Kier alpha value is -3.41. The van der Waals surface area contributed by atoms with Crippen LogP contribution in [0.2, 0.25) is 0 Å². The van der Waals surface area contributed by atoms with Gasteiger partial charge in [-0.15, -0.1) is 0 Å². The molecule has 3 saturated heterocycles.